The molecule has 140 valence electrons. The molecule has 1 amide bonds. The van der Waals surface area contributed by atoms with Gasteiger partial charge in [0.25, 0.3) is 5.91 Å². The van der Waals surface area contributed by atoms with Gasteiger partial charge in [-0.2, -0.15) is 0 Å². The van der Waals surface area contributed by atoms with Crippen LogP contribution in [0.4, 0.5) is 20.9 Å². The molecule has 1 atom stereocenters. The fourth-order valence-electron chi connectivity index (χ4n) is 2.62. The summed E-state index contributed by atoms with van der Waals surface area (Å²) in [5, 5.41) is 8.81. The second-order valence-corrected chi connectivity index (χ2v) is 7.36. The maximum absolute atomic E-state index is 13.2. The maximum Gasteiger partial charge on any atom is 0.279 e. The van der Waals surface area contributed by atoms with E-state index in [9.17, 15) is 9.18 Å². The van der Waals surface area contributed by atoms with Gasteiger partial charge in [-0.25, -0.2) is 9.37 Å². The Labute approximate surface area is 161 Å². The molecule has 3 N–H and O–H groups in total. The molecule has 0 aliphatic carbocycles. The number of hydrogen-bond acceptors (Lipinski definition) is 4. The number of thiazole rings is 1. The minimum atomic E-state index is -0.371. The Hall–Kier alpha value is -2.77. The van der Waals surface area contributed by atoms with E-state index in [1.807, 2.05) is 43.6 Å². The smallest absolute Gasteiger partial charge is 0.279 e. The zero-order valence-corrected chi connectivity index (χ0v) is 16.1. The molecule has 0 bridgehead atoms. The Morgan fingerprint density at radius 2 is 1.96 bits per heavy atom. The Bertz CT molecular complexity index is 910. The molecule has 0 spiro atoms. The van der Waals surface area contributed by atoms with Crippen molar-refractivity contribution in [1.29, 1.82) is 0 Å². The second kappa shape index (κ2) is 8.75. The van der Waals surface area contributed by atoms with Gasteiger partial charge >= 0.3 is 0 Å². The number of benzene rings is 2. The summed E-state index contributed by atoms with van der Waals surface area (Å²) in [5.41, 5.74) is 3.59. The van der Waals surface area contributed by atoms with E-state index in [1.165, 1.54) is 29.0 Å². The van der Waals surface area contributed by atoms with Gasteiger partial charge in [0, 0.05) is 16.8 Å². The van der Waals surface area contributed by atoms with E-state index in [1.54, 1.807) is 12.1 Å². The van der Waals surface area contributed by atoms with Crippen molar-refractivity contribution in [2.45, 2.75) is 13.5 Å². The zero-order valence-electron chi connectivity index (χ0n) is 15.3. The first-order valence-electron chi connectivity index (χ1n) is 8.63. The van der Waals surface area contributed by atoms with Crippen LogP contribution >= 0.6 is 11.3 Å². The topological polar surface area (TPSA) is 58.5 Å². The summed E-state index contributed by atoms with van der Waals surface area (Å²) in [5.74, 6) is -0.532. The molecule has 0 saturated carbocycles. The van der Waals surface area contributed by atoms with Crippen LogP contribution < -0.4 is 15.5 Å². The monoisotopic (exact) mass is 385 g/mol. The predicted octanol–water partition coefficient (Wildman–Crippen LogP) is 2.99. The summed E-state index contributed by atoms with van der Waals surface area (Å²) in [6, 6.07) is 14.0. The number of likely N-dealkylation sites (N-methyl/N-ethyl adjacent to an activating group) is 1. The average molecular weight is 385 g/mol. The lowest BCUT2D eigenvalue weighted by atomic mass is 10.2. The van der Waals surface area contributed by atoms with Gasteiger partial charge in [0.05, 0.1) is 7.05 Å². The first-order chi connectivity index (χ1) is 13.0. The number of hydrogen-bond donors (Lipinski definition) is 3. The Morgan fingerprint density at radius 1 is 1.19 bits per heavy atom. The number of aromatic nitrogens is 1. The van der Waals surface area contributed by atoms with Crippen LogP contribution in [0.3, 0.4) is 0 Å². The molecule has 5 nitrogen and oxygen atoms in total. The lowest BCUT2D eigenvalue weighted by molar-refractivity contribution is -0.885. The first kappa shape index (κ1) is 19.0. The standard InChI is InChI=1S/C20H21FN4OS/c1-14-6-8-16(9-7-14)23-20-24-18(13-27-20)11-25(2)12-19(26)22-17-5-3-4-15(21)10-17/h3-10,13H,11-12H2,1-2H3,(H,22,26)(H,23,24)/p+1. The van der Waals surface area contributed by atoms with Gasteiger partial charge in [0.2, 0.25) is 0 Å². The van der Waals surface area contributed by atoms with Crippen molar-refractivity contribution in [3.8, 4) is 0 Å². The number of rotatable bonds is 7. The van der Waals surface area contributed by atoms with Crippen LogP contribution in [0.1, 0.15) is 11.3 Å². The Balaban J connectivity index is 1.50. The third kappa shape index (κ3) is 5.87. The number of amides is 1. The fourth-order valence-corrected chi connectivity index (χ4v) is 3.35. The van der Waals surface area contributed by atoms with Gasteiger partial charge in [-0.05, 0) is 37.3 Å². The van der Waals surface area contributed by atoms with E-state index >= 15 is 0 Å². The van der Waals surface area contributed by atoms with Gasteiger partial charge in [-0.15, -0.1) is 11.3 Å². The Kier molecular flexibility index (Phi) is 6.16. The molecule has 0 aliphatic rings. The highest BCUT2D eigenvalue weighted by molar-refractivity contribution is 7.13. The second-order valence-electron chi connectivity index (χ2n) is 6.50. The highest BCUT2D eigenvalue weighted by Crippen LogP contribution is 2.20. The first-order valence-corrected chi connectivity index (χ1v) is 9.51. The normalized spacial score (nSPS) is 11.8. The molecule has 7 heteroatoms. The summed E-state index contributed by atoms with van der Waals surface area (Å²) < 4.78 is 13.2. The largest absolute Gasteiger partial charge is 0.332 e. The minimum absolute atomic E-state index is 0.161. The van der Waals surface area contributed by atoms with E-state index in [2.05, 4.69) is 15.6 Å². The maximum atomic E-state index is 13.2. The number of nitrogens with one attached hydrogen (secondary N) is 3. The number of aryl methyl sites for hydroxylation is 1. The van der Waals surface area contributed by atoms with Crippen LogP contribution in [0, 0.1) is 12.7 Å². The summed E-state index contributed by atoms with van der Waals surface area (Å²) in [7, 11) is 1.93. The molecular weight excluding hydrogens is 363 g/mol. The third-order valence-corrected chi connectivity index (χ3v) is 4.71. The molecule has 27 heavy (non-hydrogen) atoms. The summed E-state index contributed by atoms with van der Waals surface area (Å²) in [6.45, 7) is 2.95. The van der Waals surface area contributed by atoms with Crippen molar-refractivity contribution in [2.24, 2.45) is 0 Å². The van der Waals surface area contributed by atoms with Crippen molar-refractivity contribution >= 4 is 33.8 Å². The molecule has 0 radical (unpaired) electrons. The minimum Gasteiger partial charge on any atom is -0.332 e. The lowest BCUT2D eigenvalue weighted by Gasteiger charge is -2.12. The van der Waals surface area contributed by atoms with Gasteiger partial charge in [0.1, 0.15) is 18.1 Å². The highest BCUT2D eigenvalue weighted by atomic mass is 32.1. The molecule has 0 fully saturated rings. The lowest BCUT2D eigenvalue weighted by Crippen LogP contribution is -3.08. The fraction of sp³-hybridized carbons (Fsp3) is 0.200. The molecule has 0 aliphatic heterocycles. The zero-order chi connectivity index (χ0) is 19.2. The van der Waals surface area contributed by atoms with Gasteiger partial charge in [0.15, 0.2) is 11.7 Å². The van der Waals surface area contributed by atoms with Crippen LogP contribution in [0.5, 0.6) is 0 Å². The van der Waals surface area contributed by atoms with Crippen LogP contribution in [0.15, 0.2) is 53.9 Å². The molecular formula is C20H22FN4OS+. The molecule has 3 aromatic rings. The summed E-state index contributed by atoms with van der Waals surface area (Å²) in [4.78, 5) is 17.7. The number of carbonyl (C=O) groups is 1. The van der Waals surface area contributed by atoms with Crippen LogP contribution in [0.2, 0.25) is 0 Å². The van der Waals surface area contributed by atoms with E-state index in [-0.39, 0.29) is 18.3 Å². The van der Waals surface area contributed by atoms with Crippen molar-refractivity contribution in [3.05, 3.63) is 71.0 Å². The Morgan fingerprint density at radius 3 is 2.70 bits per heavy atom. The number of halogens is 1. The van der Waals surface area contributed by atoms with Crippen molar-refractivity contribution in [2.75, 3.05) is 24.2 Å². The molecule has 1 heterocycles. The van der Waals surface area contributed by atoms with E-state index in [0.717, 1.165) is 21.4 Å². The van der Waals surface area contributed by atoms with Gasteiger partial charge in [-0.1, -0.05) is 23.8 Å². The molecule has 1 unspecified atom stereocenters. The van der Waals surface area contributed by atoms with Crippen LogP contribution in [-0.4, -0.2) is 24.5 Å². The van der Waals surface area contributed by atoms with E-state index in [0.29, 0.717) is 12.2 Å². The summed E-state index contributed by atoms with van der Waals surface area (Å²) in [6.07, 6.45) is 0. The number of anilines is 3. The molecule has 3 rings (SSSR count). The molecule has 0 saturated heterocycles. The van der Waals surface area contributed by atoms with Crippen LogP contribution in [-0.2, 0) is 11.3 Å². The number of nitrogens with zero attached hydrogens (tertiary/aromatic N) is 1. The summed E-state index contributed by atoms with van der Waals surface area (Å²) >= 11 is 1.54. The van der Waals surface area contributed by atoms with Gasteiger partial charge in [-0.3, -0.25) is 4.79 Å². The van der Waals surface area contributed by atoms with Crippen molar-refractivity contribution < 1.29 is 14.1 Å². The van der Waals surface area contributed by atoms with E-state index < -0.39 is 0 Å². The quantitative estimate of drug-likeness (QED) is 0.586. The SMILES string of the molecule is Cc1ccc(Nc2nc(C[NH+](C)CC(=O)Nc3cccc(F)c3)cs2)cc1. The van der Waals surface area contributed by atoms with Crippen LogP contribution in [0.25, 0.3) is 0 Å². The third-order valence-electron chi connectivity index (χ3n) is 3.91. The van der Waals surface area contributed by atoms with Crippen molar-refractivity contribution in [1.82, 2.24) is 4.98 Å². The predicted molar refractivity (Wildman–Crippen MR) is 107 cm³/mol. The van der Waals surface area contributed by atoms with E-state index in [4.69, 9.17) is 0 Å². The molecule has 1 aromatic heterocycles. The molecule has 2 aromatic carbocycles. The van der Waals surface area contributed by atoms with Gasteiger partial charge < -0.3 is 15.5 Å². The number of carbonyl (C=O) groups excluding carboxylic acids is 1. The highest BCUT2D eigenvalue weighted by Gasteiger charge is 2.13. The number of quaternary nitrogens is 1. The van der Waals surface area contributed by atoms with Crippen molar-refractivity contribution in [3.63, 3.8) is 0 Å². The average Bonchev–Trinajstić information content (AvgIpc) is 3.03.